The number of ether oxygens (including phenoxy) is 3. The van der Waals surface area contributed by atoms with Crippen LogP contribution in [-0.2, 0) is 14.3 Å². The lowest BCUT2D eigenvalue weighted by atomic mass is 10.1. The lowest BCUT2D eigenvalue weighted by Gasteiger charge is -2.28. The number of carbonyl (C=O) groups excluding carboxylic acids is 3. The van der Waals surface area contributed by atoms with Crippen molar-refractivity contribution in [3.05, 3.63) is 67.3 Å². The summed E-state index contributed by atoms with van der Waals surface area (Å²) in [6.07, 6.45) is 1.46. The standard InChI is InChI=1S/C35H45N5O6/c1-7-22(2)15-16-37-32(41)30-18-25(21-40(30)33(42)29(20-36)39-34(43)46-35(3,4)5)45-31-19-27(23-11-9-8-10-12-23)38-28-17-24(44-6)13-14-26(28)31/h7-14,17,19,22,25,29-30H,1,15-16,18,20-21,36H2,2-6H3,(H,37,41)(H,39,43)/t22-,25-,29+,30+/m1/s1. The van der Waals surface area contributed by atoms with E-state index in [0.717, 1.165) is 10.9 Å². The summed E-state index contributed by atoms with van der Waals surface area (Å²) in [6.45, 7) is 11.3. The van der Waals surface area contributed by atoms with E-state index in [-0.39, 0.29) is 31.3 Å². The molecule has 1 aromatic heterocycles. The molecule has 46 heavy (non-hydrogen) atoms. The fraction of sp³-hybridized carbons (Fsp3) is 0.429. The van der Waals surface area contributed by atoms with Crippen molar-refractivity contribution >= 4 is 28.8 Å². The van der Waals surface area contributed by atoms with Crippen LogP contribution in [0.4, 0.5) is 4.79 Å². The van der Waals surface area contributed by atoms with Crippen LogP contribution in [0.15, 0.2) is 67.3 Å². The van der Waals surface area contributed by atoms with Crippen molar-refractivity contribution in [3.63, 3.8) is 0 Å². The van der Waals surface area contributed by atoms with Crippen LogP contribution in [0.1, 0.15) is 40.5 Å². The van der Waals surface area contributed by atoms with Gasteiger partial charge in [-0.1, -0.05) is 43.3 Å². The Kier molecular flexibility index (Phi) is 11.2. The first kappa shape index (κ1) is 34.2. The molecule has 0 spiro atoms. The molecule has 1 saturated heterocycles. The van der Waals surface area contributed by atoms with Crippen LogP contribution in [0, 0.1) is 5.92 Å². The highest BCUT2D eigenvalue weighted by atomic mass is 16.6. The van der Waals surface area contributed by atoms with Gasteiger partial charge in [0.05, 0.1) is 24.9 Å². The van der Waals surface area contributed by atoms with E-state index < -0.39 is 35.8 Å². The largest absolute Gasteiger partial charge is 0.497 e. The molecule has 0 bridgehead atoms. The SMILES string of the molecule is C=C[C@@H](C)CCNC(=O)[C@@H]1C[C@@H](Oc2cc(-c3ccccc3)nc3cc(OC)ccc23)CN1C(=O)[C@H](CN)NC(=O)OC(C)(C)C. The van der Waals surface area contributed by atoms with Gasteiger partial charge in [0.1, 0.15) is 35.3 Å². The van der Waals surface area contributed by atoms with Crippen molar-refractivity contribution in [2.24, 2.45) is 11.7 Å². The number of nitrogens with one attached hydrogen (secondary N) is 2. The summed E-state index contributed by atoms with van der Waals surface area (Å²) in [4.78, 5) is 46.2. The van der Waals surface area contributed by atoms with Crippen molar-refractivity contribution in [1.29, 1.82) is 0 Å². The van der Waals surface area contributed by atoms with Crippen molar-refractivity contribution < 1.29 is 28.6 Å². The van der Waals surface area contributed by atoms with Gasteiger partial charge in [-0.3, -0.25) is 9.59 Å². The molecule has 4 N–H and O–H groups in total. The molecule has 2 heterocycles. The molecule has 3 amide bonds. The van der Waals surface area contributed by atoms with Gasteiger partial charge in [0.2, 0.25) is 11.8 Å². The number of carbonyl (C=O) groups is 3. The van der Waals surface area contributed by atoms with Gasteiger partial charge >= 0.3 is 6.09 Å². The molecule has 1 aliphatic heterocycles. The highest BCUT2D eigenvalue weighted by Gasteiger charge is 2.43. The summed E-state index contributed by atoms with van der Waals surface area (Å²) < 4.78 is 17.4. The van der Waals surface area contributed by atoms with E-state index in [2.05, 4.69) is 17.2 Å². The number of hydrogen-bond acceptors (Lipinski definition) is 8. The van der Waals surface area contributed by atoms with Crippen molar-refractivity contribution in [1.82, 2.24) is 20.5 Å². The number of amides is 3. The molecule has 1 aliphatic rings. The molecule has 0 radical (unpaired) electrons. The maximum absolute atomic E-state index is 13.8. The van der Waals surface area contributed by atoms with Crippen molar-refractivity contribution in [2.75, 3.05) is 26.7 Å². The van der Waals surface area contributed by atoms with Crippen LogP contribution < -0.4 is 25.8 Å². The number of methoxy groups -OCH3 is 1. The van der Waals surface area contributed by atoms with Crippen molar-refractivity contribution in [3.8, 4) is 22.8 Å². The predicted molar refractivity (Wildman–Crippen MR) is 177 cm³/mol. The zero-order valence-electron chi connectivity index (χ0n) is 27.2. The second-order valence-corrected chi connectivity index (χ2v) is 12.5. The first-order chi connectivity index (χ1) is 21.9. The van der Waals surface area contributed by atoms with Gasteiger partial charge in [-0.25, -0.2) is 9.78 Å². The summed E-state index contributed by atoms with van der Waals surface area (Å²) >= 11 is 0. The number of pyridine rings is 1. The van der Waals surface area contributed by atoms with E-state index >= 15 is 0 Å². The Morgan fingerprint density at radius 3 is 2.54 bits per heavy atom. The van der Waals surface area contributed by atoms with Gasteiger partial charge in [0.15, 0.2) is 0 Å². The first-order valence-electron chi connectivity index (χ1n) is 15.5. The number of alkyl carbamates (subject to hydrolysis) is 1. The fourth-order valence-electron chi connectivity index (χ4n) is 5.24. The van der Waals surface area contributed by atoms with Gasteiger partial charge in [0.25, 0.3) is 0 Å². The average Bonchev–Trinajstić information content (AvgIpc) is 3.46. The maximum atomic E-state index is 13.8. The third-order valence-corrected chi connectivity index (χ3v) is 7.72. The molecule has 1 fully saturated rings. The van der Waals surface area contributed by atoms with Gasteiger partial charge in [-0.15, -0.1) is 6.58 Å². The van der Waals surface area contributed by atoms with E-state index in [4.69, 9.17) is 24.9 Å². The number of likely N-dealkylation sites (tertiary alicyclic amines) is 1. The average molecular weight is 632 g/mol. The Bertz CT molecular complexity index is 1540. The smallest absolute Gasteiger partial charge is 0.408 e. The topological polar surface area (TPSA) is 145 Å². The van der Waals surface area contributed by atoms with Crippen LogP contribution in [0.2, 0.25) is 0 Å². The zero-order chi connectivity index (χ0) is 33.4. The molecular formula is C35H45N5O6. The second-order valence-electron chi connectivity index (χ2n) is 12.5. The molecule has 3 aromatic rings. The minimum absolute atomic E-state index is 0.104. The maximum Gasteiger partial charge on any atom is 0.408 e. The Balaban J connectivity index is 1.63. The zero-order valence-corrected chi connectivity index (χ0v) is 27.2. The minimum atomic E-state index is -1.09. The number of benzene rings is 2. The summed E-state index contributed by atoms with van der Waals surface area (Å²) in [5.41, 5.74) is 7.47. The molecule has 11 heteroatoms. The molecule has 2 aromatic carbocycles. The Morgan fingerprint density at radius 2 is 1.89 bits per heavy atom. The van der Waals surface area contributed by atoms with Crippen LogP contribution in [0.3, 0.4) is 0 Å². The minimum Gasteiger partial charge on any atom is -0.497 e. The molecule has 0 aliphatic carbocycles. The van der Waals surface area contributed by atoms with Crippen LogP contribution in [0.5, 0.6) is 11.5 Å². The van der Waals surface area contributed by atoms with E-state index in [9.17, 15) is 14.4 Å². The Morgan fingerprint density at radius 1 is 1.15 bits per heavy atom. The van der Waals surface area contributed by atoms with E-state index in [0.29, 0.717) is 35.7 Å². The normalized spacial score (nSPS) is 17.6. The molecule has 4 atom stereocenters. The molecule has 11 nitrogen and oxygen atoms in total. The molecule has 0 saturated carbocycles. The second kappa shape index (κ2) is 15.1. The van der Waals surface area contributed by atoms with E-state index in [1.165, 1.54) is 4.90 Å². The lowest BCUT2D eigenvalue weighted by Crippen LogP contribution is -2.56. The summed E-state index contributed by atoms with van der Waals surface area (Å²) in [5, 5.41) is 6.29. The Labute approximate surface area is 270 Å². The quantitative estimate of drug-likeness (QED) is 0.249. The molecule has 0 unspecified atom stereocenters. The van der Waals surface area contributed by atoms with Crippen LogP contribution in [-0.4, -0.2) is 78.3 Å². The van der Waals surface area contributed by atoms with Gasteiger partial charge in [-0.05, 0) is 45.2 Å². The monoisotopic (exact) mass is 631 g/mol. The van der Waals surface area contributed by atoms with Crippen LogP contribution >= 0.6 is 0 Å². The number of allylic oxidation sites excluding steroid dienone is 1. The number of nitrogens with two attached hydrogens (primary N) is 1. The summed E-state index contributed by atoms with van der Waals surface area (Å²) in [6, 6.07) is 15.2. The highest BCUT2D eigenvalue weighted by Crippen LogP contribution is 2.34. The van der Waals surface area contributed by atoms with E-state index in [1.807, 2.05) is 67.6 Å². The van der Waals surface area contributed by atoms with Gasteiger partial charge in [-0.2, -0.15) is 0 Å². The predicted octanol–water partition coefficient (Wildman–Crippen LogP) is 4.44. The van der Waals surface area contributed by atoms with Gasteiger partial charge < -0.3 is 35.5 Å². The number of hydrogen-bond donors (Lipinski definition) is 3. The molecule has 246 valence electrons. The van der Waals surface area contributed by atoms with Crippen molar-refractivity contribution in [2.45, 2.75) is 64.3 Å². The highest BCUT2D eigenvalue weighted by molar-refractivity contribution is 5.92. The number of aromatic nitrogens is 1. The number of rotatable bonds is 12. The molecular weight excluding hydrogens is 586 g/mol. The number of nitrogens with zero attached hydrogens (tertiary/aromatic N) is 2. The van der Waals surface area contributed by atoms with E-state index in [1.54, 1.807) is 27.9 Å². The van der Waals surface area contributed by atoms with Crippen LogP contribution in [0.25, 0.3) is 22.2 Å². The third kappa shape index (κ3) is 8.75. The van der Waals surface area contributed by atoms with Gasteiger partial charge in [0, 0.05) is 42.6 Å². The summed E-state index contributed by atoms with van der Waals surface area (Å²) in [5.74, 6) is 0.634. The first-order valence-corrected chi connectivity index (χ1v) is 15.5. The fourth-order valence-corrected chi connectivity index (χ4v) is 5.24. The molecule has 4 rings (SSSR count). The Hall–Kier alpha value is -4.64. The third-order valence-electron chi connectivity index (χ3n) is 7.72. The lowest BCUT2D eigenvalue weighted by molar-refractivity contribution is -0.139. The number of fused-ring (bicyclic) bond motifs is 1. The summed E-state index contributed by atoms with van der Waals surface area (Å²) in [7, 11) is 1.60.